The van der Waals surface area contributed by atoms with Crippen molar-refractivity contribution in [3.8, 4) is 0 Å². The number of benzene rings is 1. The number of carboxylic acids is 3. The van der Waals surface area contributed by atoms with Crippen LogP contribution in [0.25, 0.3) is 0 Å². The smallest absolute Gasteiger partial charge is 0.0398 e. The maximum absolute atomic E-state index is 10.3. The van der Waals surface area contributed by atoms with Crippen molar-refractivity contribution in [1.82, 2.24) is 0 Å². The van der Waals surface area contributed by atoms with Crippen LogP contribution in [0.5, 0.6) is 0 Å². The van der Waals surface area contributed by atoms with Gasteiger partial charge in [-0.05, 0) is 59.3 Å². The fourth-order valence-corrected chi connectivity index (χ4v) is 9.16. The minimum absolute atomic E-state index is 0.149. The third-order valence-electron chi connectivity index (χ3n) is 8.02. The first-order chi connectivity index (χ1) is 27.9. The Labute approximate surface area is 375 Å². The van der Waals surface area contributed by atoms with Crippen LogP contribution in [-0.4, -0.2) is 55.7 Å². The van der Waals surface area contributed by atoms with Crippen LogP contribution in [0.3, 0.4) is 0 Å². The molecule has 8 nitrogen and oxygen atoms in total. The van der Waals surface area contributed by atoms with Gasteiger partial charge in [-0.15, -0.1) is 0 Å². The maximum Gasteiger partial charge on any atom is -0.0398 e. The zero-order valence-corrected chi connectivity index (χ0v) is 43.2. The molecule has 1 aromatic carbocycles. The molecule has 0 aliphatic heterocycles. The number of hydrogen-bond donors (Lipinski definition) is 1. The molecule has 0 atom stereocenters. The van der Waals surface area contributed by atoms with E-state index in [1.54, 1.807) is 15.8 Å². The molecule has 1 rings (SSSR count). The molecular formula is C50H94O8Sn. The Balaban J connectivity index is -0.000000145. The molecule has 0 aromatic heterocycles. The second-order valence-corrected chi connectivity index (χ2v) is 20.0. The molecule has 59 heavy (non-hydrogen) atoms. The van der Waals surface area contributed by atoms with E-state index in [2.05, 4.69) is 46.8 Å². The fourth-order valence-electron chi connectivity index (χ4n) is 5.00. The topological polar surface area (TPSA) is 152 Å². The molecule has 0 fully saturated rings. The van der Waals surface area contributed by atoms with Gasteiger partial charge < -0.3 is 34.5 Å². The first-order valence-electron chi connectivity index (χ1n) is 23.2. The van der Waals surface area contributed by atoms with E-state index in [0.717, 1.165) is 39.0 Å². The number of Topliss-reactive ketones (excluding diaryl/α,β-unsaturated/α-hetero) is 2. The first-order valence-corrected chi connectivity index (χ1v) is 27.3. The average molecular weight is 942 g/mol. The Morgan fingerprint density at radius 1 is 0.525 bits per heavy atom. The Morgan fingerprint density at radius 3 is 0.983 bits per heavy atom. The van der Waals surface area contributed by atoms with Crippen LogP contribution in [0.4, 0.5) is 0 Å². The summed E-state index contributed by atoms with van der Waals surface area (Å²) in [6.45, 7) is 21.0. The SMILES string of the molecule is CC(=O)CC(C)C.CC(=O)O.CC(C)=O.CCCCCCCCCCCC(=O)[O-].CCCCCCCCCCCC(=O)[O-].CCC[CH2][Sn+2][CH2]CCC.Cc1ccccc1. The fraction of sp³-hybridized carbons (Fsp3) is 0.780. The summed E-state index contributed by atoms with van der Waals surface area (Å²) < 4.78 is 3.25. The third kappa shape index (κ3) is 113. The normalized spacial score (nSPS) is 9.36. The number of unbranched alkanes of at least 4 members (excludes halogenated alkanes) is 18. The van der Waals surface area contributed by atoms with Gasteiger partial charge in [-0.25, -0.2) is 0 Å². The van der Waals surface area contributed by atoms with Crippen LogP contribution in [0.15, 0.2) is 30.3 Å². The monoisotopic (exact) mass is 943 g/mol. The van der Waals surface area contributed by atoms with Crippen LogP contribution in [0.1, 0.15) is 235 Å². The number of carboxylic acid groups (broad SMARTS) is 3. The molecule has 0 aliphatic rings. The maximum atomic E-state index is 10.3. The van der Waals surface area contributed by atoms with Gasteiger partial charge in [0.25, 0.3) is 5.97 Å². The average Bonchev–Trinajstić information content (AvgIpc) is 3.14. The second kappa shape index (κ2) is 62.4. The van der Waals surface area contributed by atoms with Gasteiger partial charge in [0, 0.05) is 25.3 Å². The molecule has 346 valence electrons. The summed E-state index contributed by atoms with van der Waals surface area (Å²) >= 11 is 0.149. The van der Waals surface area contributed by atoms with Crippen molar-refractivity contribution in [2.24, 2.45) is 5.92 Å². The van der Waals surface area contributed by atoms with Gasteiger partial charge >= 0.3 is 69.5 Å². The largest absolute Gasteiger partial charge is 0.0622 e. The van der Waals surface area contributed by atoms with Crippen LogP contribution in [-0.2, 0) is 24.0 Å². The zero-order chi connectivity index (χ0) is 46.4. The van der Waals surface area contributed by atoms with Gasteiger partial charge in [0.1, 0.15) is 11.6 Å². The molecule has 0 saturated heterocycles. The quantitative estimate of drug-likeness (QED) is 0.0644. The summed E-state index contributed by atoms with van der Waals surface area (Å²) in [5.74, 6) is -1.67. The van der Waals surface area contributed by atoms with Crippen molar-refractivity contribution in [2.45, 2.75) is 246 Å². The minimum atomic E-state index is -0.909. The van der Waals surface area contributed by atoms with Crippen LogP contribution < -0.4 is 10.2 Å². The number of aliphatic carboxylic acids is 3. The molecule has 0 spiro atoms. The van der Waals surface area contributed by atoms with Crippen LogP contribution in [0, 0.1) is 12.8 Å². The van der Waals surface area contributed by atoms with E-state index in [4.69, 9.17) is 9.90 Å². The Bertz CT molecular complexity index is 940. The summed E-state index contributed by atoms with van der Waals surface area (Å²) in [5.41, 5.74) is 1.32. The molecular weight excluding hydrogens is 847 g/mol. The van der Waals surface area contributed by atoms with Crippen molar-refractivity contribution >= 4 is 50.6 Å². The summed E-state index contributed by atoms with van der Waals surface area (Å²) in [5, 5.41) is 27.6. The van der Waals surface area contributed by atoms with E-state index in [9.17, 15) is 29.4 Å². The first kappa shape index (κ1) is 68.5. The molecule has 0 saturated carbocycles. The molecule has 9 heteroatoms. The molecule has 0 radical (unpaired) electrons. The van der Waals surface area contributed by atoms with E-state index in [1.165, 1.54) is 135 Å². The van der Waals surface area contributed by atoms with Crippen molar-refractivity contribution in [1.29, 1.82) is 0 Å². The number of hydrogen-bond acceptors (Lipinski definition) is 7. The summed E-state index contributed by atoms with van der Waals surface area (Å²) in [6, 6.07) is 10.3. The number of rotatable bonds is 28. The number of carbonyl (C=O) groups excluding carboxylic acids is 4. The molecule has 0 bridgehead atoms. The van der Waals surface area contributed by atoms with E-state index < -0.39 is 17.9 Å². The van der Waals surface area contributed by atoms with Crippen molar-refractivity contribution in [2.75, 3.05) is 0 Å². The molecule has 1 N–H and O–H groups in total. The summed E-state index contributed by atoms with van der Waals surface area (Å²) in [7, 11) is 0. The van der Waals surface area contributed by atoms with E-state index >= 15 is 0 Å². The molecule has 0 aliphatic carbocycles. The van der Waals surface area contributed by atoms with Gasteiger partial charge in [-0.2, -0.15) is 0 Å². The summed E-state index contributed by atoms with van der Waals surface area (Å²) in [4.78, 5) is 48.9. The van der Waals surface area contributed by atoms with Gasteiger partial charge in [0.05, 0.1) is 0 Å². The van der Waals surface area contributed by atoms with Crippen molar-refractivity contribution in [3.63, 3.8) is 0 Å². The Kier molecular flexibility index (Phi) is 72.5. The number of carbonyl (C=O) groups is 5. The van der Waals surface area contributed by atoms with Gasteiger partial charge in [-0.1, -0.05) is 166 Å². The van der Waals surface area contributed by atoms with Gasteiger partial charge in [0.2, 0.25) is 0 Å². The number of aryl methyl sites for hydroxylation is 1. The van der Waals surface area contributed by atoms with Crippen molar-refractivity contribution < 1.29 is 39.3 Å². The van der Waals surface area contributed by atoms with E-state index in [0.29, 0.717) is 5.92 Å². The Hall–Kier alpha value is -2.23. The van der Waals surface area contributed by atoms with E-state index in [1.807, 2.05) is 32.0 Å². The molecule has 0 unspecified atom stereocenters. The van der Waals surface area contributed by atoms with Crippen LogP contribution in [0.2, 0.25) is 8.87 Å². The molecule has 0 heterocycles. The second-order valence-electron chi connectivity index (χ2n) is 15.7. The van der Waals surface area contributed by atoms with E-state index in [-0.39, 0.29) is 45.6 Å². The molecule has 0 amide bonds. The Morgan fingerprint density at radius 2 is 0.797 bits per heavy atom. The third-order valence-corrected chi connectivity index (χ3v) is 12.1. The summed E-state index contributed by atoms with van der Waals surface area (Å²) in [6.07, 6.45) is 28.9. The standard InChI is InChI=1S/2C12H24O2.C7H8.C6H12O.2C4H9.C3H6O.C2H4O2.Sn/c2*1-2-3-4-5-6-7-8-9-10-11-12(13)14;1-7-5-3-2-4-6-7;1-5(2)4-6(3)7;2*1-3-4-2;1-3(2)4;1-2(3)4;/h2*2-11H2,1H3,(H,13,14);2-6H,1H3;5H,4H2,1-3H3;2*1,3-4H2,2H3;1-2H3;1H3,(H,3,4);/q;;;;;;;;+2/p-2. The number of ketones is 2. The predicted molar refractivity (Wildman–Crippen MR) is 250 cm³/mol. The zero-order valence-electron chi connectivity index (χ0n) is 40.4. The van der Waals surface area contributed by atoms with Gasteiger partial charge in [0.15, 0.2) is 0 Å². The minimum Gasteiger partial charge on any atom is -0.0622 e. The van der Waals surface area contributed by atoms with Gasteiger partial charge in [-0.3, -0.25) is 4.79 Å². The predicted octanol–water partition coefficient (Wildman–Crippen LogP) is 12.7. The van der Waals surface area contributed by atoms with Crippen molar-refractivity contribution in [3.05, 3.63) is 35.9 Å². The molecule has 1 aromatic rings. The van der Waals surface area contributed by atoms with Crippen LogP contribution >= 0.6 is 0 Å².